The quantitative estimate of drug-likeness (QED) is 0.201. The minimum atomic E-state index is -0.290. The van der Waals surface area contributed by atoms with Crippen LogP contribution in [-0.4, -0.2) is 26.6 Å². The van der Waals surface area contributed by atoms with Crippen molar-refractivity contribution in [1.29, 1.82) is 0 Å². The Kier molecular flexibility index (Phi) is 11.1. The van der Waals surface area contributed by atoms with E-state index < -0.39 is 0 Å². The van der Waals surface area contributed by atoms with Crippen molar-refractivity contribution in [1.82, 2.24) is 0 Å². The Labute approximate surface area is 117 Å². The number of esters is 1. The molecule has 98 valence electrons. The Morgan fingerprint density at radius 2 is 1.82 bits per heavy atom. The molecule has 0 aliphatic carbocycles. The van der Waals surface area contributed by atoms with E-state index in [2.05, 4.69) is 6.58 Å². The van der Waals surface area contributed by atoms with Crippen molar-refractivity contribution in [3.63, 3.8) is 0 Å². The summed E-state index contributed by atoms with van der Waals surface area (Å²) in [5.74, 6) is -0.290. The summed E-state index contributed by atoms with van der Waals surface area (Å²) >= 11 is 11.3. The van der Waals surface area contributed by atoms with Crippen LogP contribution in [0, 0.1) is 0 Å². The highest BCUT2D eigenvalue weighted by Gasteiger charge is 2.02. The van der Waals surface area contributed by atoms with Gasteiger partial charge in [0, 0.05) is 5.57 Å². The molecule has 0 N–H and O–H groups in total. The summed E-state index contributed by atoms with van der Waals surface area (Å²) in [6.45, 7) is 5.68. The zero-order chi connectivity index (χ0) is 13.1. The Morgan fingerprint density at radius 3 is 2.41 bits per heavy atom. The third-order valence-corrected chi connectivity index (χ3v) is 4.08. The molecule has 0 saturated heterocycles. The van der Waals surface area contributed by atoms with Crippen LogP contribution >= 0.6 is 23.2 Å². The van der Waals surface area contributed by atoms with Gasteiger partial charge in [-0.25, -0.2) is 4.79 Å². The first-order chi connectivity index (χ1) is 8.04. The normalized spacial score (nSPS) is 10.6. The van der Waals surface area contributed by atoms with Crippen LogP contribution in [0.1, 0.15) is 39.0 Å². The van der Waals surface area contributed by atoms with E-state index in [9.17, 15) is 4.79 Å². The third-order valence-electron chi connectivity index (χ3n) is 2.20. The van der Waals surface area contributed by atoms with Crippen molar-refractivity contribution in [3.05, 3.63) is 12.2 Å². The largest absolute Gasteiger partial charge is 0.462 e. The Bertz CT molecular complexity index is 233. The molecule has 0 atom stereocenters. The first-order valence-electron chi connectivity index (χ1n) is 5.88. The van der Waals surface area contributed by atoms with E-state index in [0.717, 1.165) is 18.9 Å². The van der Waals surface area contributed by atoms with Crippen LogP contribution in [0.25, 0.3) is 0 Å². The lowest BCUT2D eigenvalue weighted by Crippen LogP contribution is -2.06. The standard InChI is InChI=1S/C12H20Cl2O2Si/c1-10(2)11(15)16-8-6-4-3-5-7-9-17-12(13)14/h12H,1,3-9H2,2H3. The molecule has 17 heavy (non-hydrogen) atoms. The Morgan fingerprint density at radius 1 is 1.24 bits per heavy atom. The van der Waals surface area contributed by atoms with Crippen molar-refractivity contribution >= 4 is 38.7 Å². The summed E-state index contributed by atoms with van der Waals surface area (Å²) in [5, 5.41) is 0. The van der Waals surface area contributed by atoms with E-state index in [1.807, 2.05) is 0 Å². The topological polar surface area (TPSA) is 26.3 Å². The maximum Gasteiger partial charge on any atom is 0.333 e. The first kappa shape index (κ1) is 17.0. The summed E-state index contributed by atoms with van der Waals surface area (Å²) < 4.78 is 4.79. The Balaban J connectivity index is 3.14. The molecule has 0 aromatic rings. The number of ether oxygens (including phenoxy) is 1. The van der Waals surface area contributed by atoms with E-state index in [1.165, 1.54) is 19.3 Å². The maximum absolute atomic E-state index is 11.0. The zero-order valence-electron chi connectivity index (χ0n) is 10.3. The van der Waals surface area contributed by atoms with Crippen molar-refractivity contribution in [2.24, 2.45) is 0 Å². The van der Waals surface area contributed by atoms with Gasteiger partial charge in [0.1, 0.15) is 0 Å². The molecular weight excluding hydrogens is 275 g/mol. The highest BCUT2D eigenvalue weighted by Crippen LogP contribution is 2.09. The summed E-state index contributed by atoms with van der Waals surface area (Å²) in [5.41, 5.74) is 0.461. The second-order valence-electron chi connectivity index (χ2n) is 3.94. The molecule has 0 unspecified atom stereocenters. The molecular formula is C12H20Cl2O2Si. The van der Waals surface area contributed by atoms with E-state index >= 15 is 0 Å². The molecule has 2 radical (unpaired) electrons. The zero-order valence-corrected chi connectivity index (χ0v) is 12.8. The maximum atomic E-state index is 11.0. The van der Waals surface area contributed by atoms with Gasteiger partial charge >= 0.3 is 5.97 Å². The Hall–Kier alpha value is 0.00688. The number of hydrogen-bond acceptors (Lipinski definition) is 2. The highest BCUT2D eigenvalue weighted by atomic mass is 35.5. The first-order valence-corrected chi connectivity index (χ1v) is 8.04. The number of hydrogen-bond donors (Lipinski definition) is 0. The number of carbonyl (C=O) groups excluding carboxylic acids is 1. The van der Waals surface area contributed by atoms with Crippen LogP contribution in [0.15, 0.2) is 12.2 Å². The average Bonchev–Trinajstić information content (AvgIpc) is 2.25. The van der Waals surface area contributed by atoms with Crippen molar-refractivity contribution < 1.29 is 9.53 Å². The van der Waals surface area contributed by atoms with Crippen LogP contribution in [0.3, 0.4) is 0 Å². The van der Waals surface area contributed by atoms with Crippen LogP contribution in [-0.2, 0) is 9.53 Å². The van der Waals surface area contributed by atoms with E-state index in [1.54, 1.807) is 6.92 Å². The van der Waals surface area contributed by atoms with Gasteiger partial charge in [0.2, 0.25) is 0 Å². The smallest absolute Gasteiger partial charge is 0.333 e. The van der Waals surface area contributed by atoms with Gasteiger partial charge in [-0.05, 0) is 13.3 Å². The van der Waals surface area contributed by atoms with Gasteiger partial charge < -0.3 is 4.74 Å². The number of alkyl halides is 2. The van der Waals surface area contributed by atoms with Gasteiger partial charge in [-0.2, -0.15) is 0 Å². The number of rotatable bonds is 10. The summed E-state index contributed by atoms with van der Waals surface area (Å²) in [6, 6.07) is 1.11. The lowest BCUT2D eigenvalue weighted by Gasteiger charge is -2.04. The number of unbranched alkanes of at least 4 members (excludes halogenated alkanes) is 4. The molecule has 0 rings (SSSR count). The summed E-state index contributed by atoms with van der Waals surface area (Å²) in [6.07, 6.45) is 5.57. The number of halogens is 2. The fourth-order valence-corrected chi connectivity index (χ4v) is 2.58. The van der Waals surface area contributed by atoms with Gasteiger partial charge in [0.15, 0.2) is 0 Å². The SMILES string of the molecule is C=C(C)C(=O)OCCCCCCC[Si]C(Cl)Cl. The molecule has 5 heteroatoms. The van der Waals surface area contributed by atoms with Crippen molar-refractivity contribution in [2.75, 3.05) is 6.61 Å². The fourth-order valence-electron chi connectivity index (χ4n) is 1.26. The molecule has 0 amide bonds. The van der Waals surface area contributed by atoms with Gasteiger partial charge in [-0.1, -0.05) is 38.3 Å². The molecule has 0 heterocycles. The van der Waals surface area contributed by atoms with E-state index in [4.69, 9.17) is 27.9 Å². The molecule has 0 aliphatic heterocycles. The lowest BCUT2D eigenvalue weighted by atomic mass is 10.2. The van der Waals surface area contributed by atoms with E-state index in [0.29, 0.717) is 21.7 Å². The second-order valence-corrected chi connectivity index (χ2v) is 7.25. The van der Waals surface area contributed by atoms with E-state index in [-0.39, 0.29) is 10.4 Å². The summed E-state index contributed by atoms with van der Waals surface area (Å²) in [4.78, 5) is 11.0. The minimum absolute atomic E-state index is 0.198. The van der Waals surface area contributed by atoms with Crippen molar-refractivity contribution in [3.8, 4) is 0 Å². The second kappa shape index (κ2) is 11.1. The van der Waals surface area contributed by atoms with Gasteiger partial charge in [-0.3, -0.25) is 0 Å². The monoisotopic (exact) mass is 294 g/mol. The molecule has 0 aliphatic rings. The van der Waals surface area contributed by atoms with Crippen molar-refractivity contribution in [2.45, 2.75) is 49.5 Å². The summed E-state index contributed by atoms with van der Waals surface area (Å²) in [7, 11) is 0.646. The number of carbonyl (C=O) groups is 1. The molecule has 0 spiro atoms. The lowest BCUT2D eigenvalue weighted by molar-refractivity contribution is -0.139. The van der Waals surface area contributed by atoms with Crippen LogP contribution in [0.5, 0.6) is 0 Å². The third kappa shape index (κ3) is 12.3. The molecule has 0 bridgehead atoms. The van der Waals surface area contributed by atoms with Gasteiger partial charge in [0.05, 0.1) is 20.6 Å². The van der Waals surface area contributed by atoms with Gasteiger partial charge in [0.25, 0.3) is 0 Å². The fraction of sp³-hybridized carbons (Fsp3) is 0.750. The van der Waals surface area contributed by atoms with Crippen LogP contribution in [0.4, 0.5) is 0 Å². The predicted molar refractivity (Wildman–Crippen MR) is 74.9 cm³/mol. The van der Waals surface area contributed by atoms with Gasteiger partial charge in [-0.15, -0.1) is 23.2 Å². The highest BCUT2D eigenvalue weighted by molar-refractivity contribution is 6.68. The predicted octanol–water partition coefficient (Wildman–Crippen LogP) is 3.94. The van der Waals surface area contributed by atoms with Crippen LogP contribution in [0.2, 0.25) is 6.04 Å². The molecule has 0 saturated carbocycles. The average molecular weight is 295 g/mol. The molecule has 2 nitrogen and oxygen atoms in total. The molecule has 0 fully saturated rings. The minimum Gasteiger partial charge on any atom is -0.462 e. The molecule has 0 aromatic heterocycles. The molecule has 0 aromatic carbocycles. The van der Waals surface area contributed by atoms with Crippen LogP contribution < -0.4 is 0 Å².